The van der Waals surface area contributed by atoms with E-state index in [1.807, 2.05) is 19.1 Å². The van der Waals surface area contributed by atoms with Crippen molar-refractivity contribution in [1.29, 1.82) is 0 Å². The molecule has 88 valence electrons. The molecule has 1 atom stereocenters. The summed E-state index contributed by atoms with van der Waals surface area (Å²) < 4.78 is 0. The van der Waals surface area contributed by atoms with Crippen LogP contribution in [0.25, 0.3) is 0 Å². The highest BCUT2D eigenvalue weighted by Crippen LogP contribution is 2.24. The topological polar surface area (TPSA) is 50.7 Å². The molecule has 1 unspecified atom stereocenters. The second kappa shape index (κ2) is 5.29. The van der Waals surface area contributed by atoms with E-state index in [0.29, 0.717) is 10.8 Å². The molecular formula is C11H10Cl2N4. The molecule has 1 N–H and O–H groups in total. The Bertz CT molecular complexity index is 504. The van der Waals surface area contributed by atoms with E-state index in [1.165, 1.54) is 6.20 Å². The molecule has 0 bridgehead atoms. The van der Waals surface area contributed by atoms with E-state index in [2.05, 4.69) is 20.3 Å². The average Bonchev–Trinajstić information content (AvgIpc) is 2.35. The van der Waals surface area contributed by atoms with Crippen molar-refractivity contribution in [2.24, 2.45) is 0 Å². The highest BCUT2D eigenvalue weighted by atomic mass is 35.5. The first kappa shape index (κ1) is 12.1. The summed E-state index contributed by atoms with van der Waals surface area (Å²) in [5.41, 5.74) is 1.09. The summed E-state index contributed by atoms with van der Waals surface area (Å²) in [6, 6.07) is 3.91. The van der Waals surface area contributed by atoms with Crippen molar-refractivity contribution in [3.63, 3.8) is 0 Å². The Morgan fingerprint density at radius 1 is 1.24 bits per heavy atom. The Hall–Kier alpha value is -1.39. The Labute approximate surface area is 109 Å². The number of nitrogens with one attached hydrogen (secondary N) is 1. The minimum absolute atomic E-state index is 0.0569. The lowest BCUT2D eigenvalue weighted by Gasteiger charge is -2.15. The molecule has 0 spiro atoms. The Morgan fingerprint density at radius 2 is 1.94 bits per heavy atom. The number of aromatic nitrogens is 3. The fraction of sp³-hybridized carbons (Fsp3) is 0.182. The summed E-state index contributed by atoms with van der Waals surface area (Å²) in [7, 11) is 0. The largest absolute Gasteiger partial charge is 0.362 e. The van der Waals surface area contributed by atoms with Crippen molar-refractivity contribution in [3.05, 3.63) is 46.6 Å². The molecule has 0 radical (unpaired) electrons. The summed E-state index contributed by atoms with van der Waals surface area (Å²) in [4.78, 5) is 11.8. The molecule has 2 rings (SSSR count). The molecule has 6 heteroatoms. The van der Waals surface area contributed by atoms with Crippen LogP contribution in [0.4, 0.5) is 5.82 Å². The molecule has 0 fully saturated rings. The van der Waals surface area contributed by atoms with Gasteiger partial charge in [0.25, 0.3) is 0 Å². The highest BCUT2D eigenvalue weighted by molar-refractivity contribution is 6.33. The van der Waals surface area contributed by atoms with E-state index in [1.54, 1.807) is 12.4 Å². The normalized spacial score (nSPS) is 12.2. The van der Waals surface area contributed by atoms with Crippen molar-refractivity contribution in [2.75, 3.05) is 5.32 Å². The van der Waals surface area contributed by atoms with Crippen molar-refractivity contribution in [2.45, 2.75) is 13.0 Å². The summed E-state index contributed by atoms with van der Waals surface area (Å²) >= 11 is 11.7. The molecule has 0 aliphatic carbocycles. The van der Waals surface area contributed by atoms with E-state index in [-0.39, 0.29) is 11.3 Å². The van der Waals surface area contributed by atoms with E-state index in [4.69, 9.17) is 23.2 Å². The van der Waals surface area contributed by atoms with Gasteiger partial charge in [-0.15, -0.1) is 0 Å². The molecule has 2 heterocycles. The van der Waals surface area contributed by atoms with Crippen LogP contribution in [0.2, 0.25) is 10.3 Å². The van der Waals surface area contributed by atoms with Crippen LogP contribution in [0.3, 0.4) is 0 Å². The van der Waals surface area contributed by atoms with Crippen molar-refractivity contribution < 1.29 is 0 Å². The first-order valence-electron chi connectivity index (χ1n) is 5.01. The average molecular weight is 269 g/mol. The highest BCUT2D eigenvalue weighted by Gasteiger charge is 2.09. The first-order chi connectivity index (χ1) is 8.16. The minimum atomic E-state index is 0.0569. The Morgan fingerprint density at radius 3 is 2.65 bits per heavy atom. The van der Waals surface area contributed by atoms with Gasteiger partial charge in [0.2, 0.25) is 5.28 Å². The van der Waals surface area contributed by atoms with Gasteiger partial charge >= 0.3 is 0 Å². The van der Waals surface area contributed by atoms with Crippen LogP contribution in [-0.2, 0) is 0 Å². The molecule has 0 saturated carbocycles. The molecule has 0 aromatic carbocycles. The van der Waals surface area contributed by atoms with Crippen molar-refractivity contribution in [1.82, 2.24) is 15.0 Å². The van der Waals surface area contributed by atoms with Crippen LogP contribution in [0, 0.1) is 0 Å². The fourth-order valence-electron chi connectivity index (χ4n) is 1.39. The maximum atomic E-state index is 5.97. The van der Waals surface area contributed by atoms with Crippen LogP contribution < -0.4 is 5.32 Å². The van der Waals surface area contributed by atoms with Gasteiger partial charge in [-0.3, -0.25) is 4.98 Å². The van der Waals surface area contributed by atoms with Crippen LogP contribution in [0.1, 0.15) is 18.5 Å². The summed E-state index contributed by atoms with van der Waals surface area (Å²) in [6.07, 6.45) is 4.95. The molecule has 17 heavy (non-hydrogen) atoms. The quantitative estimate of drug-likeness (QED) is 0.868. The molecule has 0 amide bonds. The fourth-order valence-corrected chi connectivity index (χ4v) is 1.67. The van der Waals surface area contributed by atoms with Gasteiger partial charge in [0, 0.05) is 12.4 Å². The SMILES string of the molecule is CC(Nc1nc(Cl)ncc1Cl)c1ccncc1. The minimum Gasteiger partial charge on any atom is -0.362 e. The van der Waals surface area contributed by atoms with Crippen LogP contribution in [0.15, 0.2) is 30.7 Å². The van der Waals surface area contributed by atoms with E-state index in [9.17, 15) is 0 Å². The molecule has 0 saturated heterocycles. The first-order valence-corrected chi connectivity index (χ1v) is 5.77. The third-order valence-corrected chi connectivity index (χ3v) is 2.73. The van der Waals surface area contributed by atoms with Gasteiger partial charge in [-0.25, -0.2) is 4.98 Å². The van der Waals surface area contributed by atoms with Crippen molar-refractivity contribution >= 4 is 29.0 Å². The zero-order valence-corrected chi connectivity index (χ0v) is 10.6. The lowest BCUT2D eigenvalue weighted by Crippen LogP contribution is -2.08. The molecule has 0 aliphatic heterocycles. The lowest BCUT2D eigenvalue weighted by molar-refractivity contribution is 0.868. The van der Waals surface area contributed by atoms with E-state index in [0.717, 1.165) is 5.56 Å². The number of anilines is 1. The molecule has 0 aliphatic rings. The second-order valence-electron chi connectivity index (χ2n) is 3.48. The molecule has 2 aromatic heterocycles. The number of rotatable bonds is 3. The molecule has 2 aromatic rings. The maximum Gasteiger partial charge on any atom is 0.224 e. The van der Waals surface area contributed by atoms with Gasteiger partial charge in [0.15, 0.2) is 0 Å². The monoisotopic (exact) mass is 268 g/mol. The number of nitrogens with zero attached hydrogens (tertiary/aromatic N) is 3. The summed E-state index contributed by atoms with van der Waals surface area (Å²) in [5, 5.41) is 3.78. The zero-order valence-electron chi connectivity index (χ0n) is 9.06. The third-order valence-electron chi connectivity index (χ3n) is 2.27. The number of hydrogen-bond donors (Lipinski definition) is 1. The number of hydrogen-bond acceptors (Lipinski definition) is 4. The molecule has 4 nitrogen and oxygen atoms in total. The summed E-state index contributed by atoms with van der Waals surface area (Å²) in [5.74, 6) is 0.524. The van der Waals surface area contributed by atoms with Gasteiger partial charge in [-0.2, -0.15) is 4.98 Å². The van der Waals surface area contributed by atoms with E-state index >= 15 is 0 Å². The predicted octanol–water partition coefficient (Wildman–Crippen LogP) is 3.35. The molecular weight excluding hydrogens is 259 g/mol. The number of pyridine rings is 1. The third kappa shape index (κ3) is 3.05. The van der Waals surface area contributed by atoms with Crippen molar-refractivity contribution in [3.8, 4) is 0 Å². The van der Waals surface area contributed by atoms with E-state index < -0.39 is 0 Å². The lowest BCUT2D eigenvalue weighted by atomic mass is 10.1. The number of halogens is 2. The van der Waals surface area contributed by atoms with Gasteiger partial charge in [-0.05, 0) is 36.2 Å². The standard InChI is InChI=1S/C11H10Cl2N4/c1-7(8-2-4-14-5-3-8)16-10-9(12)6-15-11(13)17-10/h2-7H,1H3,(H,15,16,17). The second-order valence-corrected chi connectivity index (χ2v) is 4.23. The Balaban J connectivity index is 2.18. The summed E-state index contributed by atoms with van der Waals surface area (Å²) in [6.45, 7) is 2.00. The Kier molecular flexibility index (Phi) is 3.76. The zero-order chi connectivity index (χ0) is 12.3. The smallest absolute Gasteiger partial charge is 0.224 e. The van der Waals surface area contributed by atoms with Crippen LogP contribution in [0.5, 0.6) is 0 Å². The van der Waals surface area contributed by atoms with Gasteiger partial charge in [-0.1, -0.05) is 11.6 Å². The van der Waals surface area contributed by atoms with Crippen LogP contribution in [-0.4, -0.2) is 15.0 Å². The van der Waals surface area contributed by atoms with Gasteiger partial charge < -0.3 is 5.32 Å². The predicted molar refractivity (Wildman–Crippen MR) is 68.3 cm³/mol. The maximum absolute atomic E-state index is 5.97. The van der Waals surface area contributed by atoms with Crippen LogP contribution >= 0.6 is 23.2 Å². The van der Waals surface area contributed by atoms with Gasteiger partial charge in [0.05, 0.1) is 12.2 Å². The van der Waals surface area contributed by atoms with Gasteiger partial charge in [0.1, 0.15) is 10.8 Å².